The van der Waals surface area contributed by atoms with Crippen LogP contribution in [0.25, 0.3) is 0 Å². The number of nitrogens with one attached hydrogen (secondary N) is 1. The van der Waals surface area contributed by atoms with Crippen LogP contribution in [0.4, 0.5) is 4.39 Å². The topological polar surface area (TPSA) is 53.8 Å². The Kier molecular flexibility index (Phi) is 3.90. The highest BCUT2D eigenvalue weighted by Gasteiger charge is 2.15. The van der Waals surface area contributed by atoms with Crippen molar-refractivity contribution in [1.82, 2.24) is 5.32 Å². The van der Waals surface area contributed by atoms with Crippen molar-refractivity contribution in [3.63, 3.8) is 0 Å². The summed E-state index contributed by atoms with van der Waals surface area (Å²) >= 11 is 4.43. The molecule has 0 unspecified atom stereocenters. The van der Waals surface area contributed by atoms with Crippen LogP contribution in [0, 0.1) is 5.82 Å². The molecule has 0 bridgehead atoms. The van der Waals surface area contributed by atoms with Crippen LogP contribution in [-0.4, -0.2) is 23.0 Å². The Hall–Kier alpha value is -1.21. The first-order chi connectivity index (χ1) is 8.15. The first-order valence-corrected chi connectivity index (χ1v) is 6.42. The Labute approximate surface area is 110 Å². The first kappa shape index (κ1) is 12.3. The molecule has 1 amide bonds. The first-order valence-electron chi connectivity index (χ1n) is 4.64. The van der Waals surface area contributed by atoms with E-state index in [-0.39, 0.29) is 11.7 Å². The van der Waals surface area contributed by atoms with Gasteiger partial charge in [-0.3, -0.25) is 4.79 Å². The predicted octanol–water partition coefficient (Wildman–Crippen LogP) is 2.14. The number of amidine groups is 1. The molecule has 88 valence electrons. The Morgan fingerprint density at radius 2 is 2.35 bits per heavy atom. The van der Waals surface area contributed by atoms with Gasteiger partial charge in [0.15, 0.2) is 5.17 Å². The second-order valence-corrected chi connectivity index (χ2v) is 5.03. The van der Waals surface area contributed by atoms with Gasteiger partial charge in [0.25, 0.3) is 0 Å². The third-order valence-corrected chi connectivity index (χ3v) is 3.25. The second kappa shape index (κ2) is 5.42. The van der Waals surface area contributed by atoms with Crippen molar-refractivity contribution in [3.8, 4) is 0 Å². The molecule has 4 nitrogen and oxygen atoms in total. The molecule has 0 saturated carbocycles. The van der Waals surface area contributed by atoms with Gasteiger partial charge in [-0.1, -0.05) is 27.7 Å². The summed E-state index contributed by atoms with van der Waals surface area (Å²) in [6.45, 7) is 0. The van der Waals surface area contributed by atoms with Gasteiger partial charge in [0.1, 0.15) is 5.82 Å². The molecular formula is C10H7BrFN3OS. The van der Waals surface area contributed by atoms with E-state index in [9.17, 15) is 9.18 Å². The Morgan fingerprint density at radius 3 is 3.00 bits per heavy atom. The van der Waals surface area contributed by atoms with Crippen molar-refractivity contribution in [2.45, 2.75) is 0 Å². The van der Waals surface area contributed by atoms with Crippen LogP contribution in [0.1, 0.15) is 5.56 Å². The van der Waals surface area contributed by atoms with Gasteiger partial charge in [0, 0.05) is 10.0 Å². The minimum Gasteiger partial charge on any atom is -0.303 e. The number of amides is 1. The lowest BCUT2D eigenvalue weighted by molar-refractivity contribution is -0.116. The summed E-state index contributed by atoms with van der Waals surface area (Å²) in [7, 11) is 0. The van der Waals surface area contributed by atoms with E-state index >= 15 is 0 Å². The highest BCUT2D eigenvalue weighted by molar-refractivity contribution is 9.10. The van der Waals surface area contributed by atoms with E-state index in [4.69, 9.17) is 0 Å². The molecule has 1 aromatic carbocycles. The fourth-order valence-corrected chi connectivity index (χ4v) is 2.09. The van der Waals surface area contributed by atoms with Gasteiger partial charge < -0.3 is 5.32 Å². The number of hydrogen-bond acceptors (Lipinski definition) is 4. The number of halogens is 2. The second-order valence-electron chi connectivity index (χ2n) is 3.15. The molecule has 1 aliphatic rings. The number of carbonyl (C=O) groups excluding carboxylic acids is 1. The minimum absolute atomic E-state index is 0.0984. The summed E-state index contributed by atoms with van der Waals surface area (Å²) in [5.41, 5.74) is 0.340. The molecule has 1 N–H and O–H groups in total. The molecule has 1 heterocycles. The van der Waals surface area contributed by atoms with Crippen LogP contribution in [0.15, 0.2) is 32.9 Å². The van der Waals surface area contributed by atoms with Gasteiger partial charge >= 0.3 is 0 Å². The van der Waals surface area contributed by atoms with Gasteiger partial charge in [-0.15, -0.1) is 5.10 Å². The molecule has 1 fully saturated rings. The van der Waals surface area contributed by atoms with Crippen molar-refractivity contribution in [2.75, 3.05) is 5.75 Å². The van der Waals surface area contributed by atoms with Crippen LogP contribution in [0.2, 0.25) is 0 Å². The molecular weight excluding hydrogens is 309 g/mol. The molecule has 0 aliphatic carbocycles. The molecule has 1 aliphatic heterocycles. The smallest absolute Gasteiger partial charge is 0.236 e. The number of nitrogens with zero attached hydrogens (tertiary/aromatic N) is 2. The molecule has 17 heavy (non-hydrogen) atoms. The summed E-state index contributed by atoms with van der Waals surface area (Å²) in [6, 6.07) is 4.65. The van der Waals surface area contributed by atoms with Crippen molar-refractivity contribution >= 4 is 45.0 Å². The maximum atomic E-state index is 13.4. The maximum Gasteiger partial charge on any atom is 0.236 e. The molecule has 0 aromatic heterocycles. The van der Waals surface area contributed by atoms with Crippen LogP contribution in [-0.2, 0) is 4.79 Å². The summed E-state index contributed by atoms with van der Waals surface area (Å²) in [4.78, 5) is 10.8. The Bertz CT molecular complexity index is 518. The molecule has 1 saturated heterocycles. The van der Waals surface area contributed by atoms with Crippen LogP contribution in [0.5, 0.6) is 0 Å². The van der Waals surface area contributed by atoms with E-state index in [1.807, 2.05) is 0 Å². The van der Waals surface area contributed by atoms with E-state index in [1.165, 1.54) is 24.0 Å². The van der Waals surface area contributed by atoms with E-state index in [1.54, 1.807) is 12.1 Å². The van der Waals surface area contributed by atoms with E-state index in [0.717, 1.165) is 0 Å². The lowest BCUT2D eigenvalue weighted by Crippen LogP contribution is -2.19. The standard InChI is InChI=1S/C10H7BrFN3OS/c11-7-2-1-6(8(12)3-7)4-13-15-10-14-9(16)5-17-10/h1-4H,5H2,(H,14,15,16). The number of carbonyl (C=O) groups is 1. The minimum atomic E-state index is -0.383. The molecule has 0 radical (unpaired) electrons. The fraction of sp³-hybridized carbons (Fsp3) is 0.100. The summed E-state index contributed by atoms with van der Waals surface area (Å²) in [6.07, 6.45) is 1.31. The van der Waals surface area contributed by atoms with Crippen molar-refractivity contribution in [1.29, 1.82) is 0 Å². The van der Waals surface area contributed by atoms with Gasteiger partial charge in [-0.25, -0.2) is 4.39 Å². The Morgan fingerprint density at radius 1 is 1.53 bits per heavy atom. The molecule has 1 aromatic rings. The van der Waals surface area contributed by atoms with Crippen molar-refractivity contribution < 1.29 is 9.18 Å². The average molecular weight is 316 g/mol. The SMILES string of the molecule is O=C1CSC(=NN=Cc2ccc(Br)cc2F)N1. The molecule has 0 spiro atoms. The summed E-state index contributed by atoms with van der Waals surface area (Å²) in [5, 5.41) is 10.4. The maximum absolute atomic E-state index is 13.4. The molecule has 0 atom stereocenters. The zero-order valence-electron chi connectivity index (χ0n) is 8.48. The average Bonchev–Trinajstić information content (AvgIpc) is 2.68. The van der Waals surface area contributed by atoms with Crippen LogP contribution >= 0.6 is 27.7 Å². The van der Waals surface area contributed by atoms with E-state index < -0.39 is 0 Å². The van der Waals surface area contributed by atoms with Gasteiger partial charge in [0.2, 0.25) is 5.91 Å². The van der Waals surface area contributed by atoms with Gasteiger partial charge in [-0.2, -0.15) is 5.10 Å². The zero-order chi connectivity index (χ0) is 12.3. The van der Waals surface area contributed by atoms with Crippen molar-refractivity contribution in [3.05, 3.63) is 34.1 Å². The van der Waals surface area contributed by atoms with Crippen molar-refractivity contribution in [2.24, 2.45) is 10.2 Å². The number of rotatable bonds is 2. The molecule has 2 rings (SSSR count). The largest absolute Gasteiger partial charge is 0.303 e. The summed E-state index contributed by atoms with van der Waals surface area (Å²) in [5.74, 6) is -0.133. The van der Waals surface area contributed by atoms with E-state index in [0.29, 0.717) is 21.0 Å². The quantitative estimate of drug-likeness (QED) is 0.671. The van der Waals surface area contributed by atoms with E-state index in [2.05, 4.69) is 31.4 Å². The lowest BCUT2D eigenvalue weighted by Gasteiger charge is -1.95. The van der Waals surface area contributed by atoms with Gasteiger partial charge in [0.05, 0.1) is 12.0 Å². The third-order valence-electron chi connectivity index (χ3n) is 1.89. The van der Waals surface area contributed by atoms with Crippen LogP contribution < -0.4 is 5.32 Å². The number of benzene rings is 1. The number of hydrogen-bond donors (Lipinski definition) is 1. The number of thioether (sulfide) groups is 1. The Balaban J connectivity index is 2.08. The third kappa shape index (κ3) is 3.37. The predicted molar refractivity (Wildman–Crippen MR) is 69.7 cm³/mol. The van der Waals surface area contributed by atoms with Crippen LogP contribution in [0.3, 0.4) is 0 Å². The van der Waals surface area contributed by atoms with Gasteiger partial charge in [-0.05, 0) is 18.2 Å². The zero-order valence-corrected chi connectivity index (χ0v) is 10.9. The normalized spacial score (nSPS) is 18.0. The fourth-order valence-electron chi connectivity index (χ4n) is 1.13. The highest BCUT2D eigenvalue weighted by Crippen LogP contribution is 2.14. The highest BCUT2D eigenvalue weighted by atomic mass is 79.9. The monoisotopic (exact) mass is 315 g/mol. The molecule has 7 heteroatoms. The lowest BCUT2D eigenvalue weighted by atomic mass is 10.2. The summed E-state index contributed by atoms with van der Waals surface area (Å²) < 4.78 is 14.0.